The minimum Gasteiger partial charge on any atom is -0.331 e. The molecule has 1 aromatic carbocycles. The summed E-state index contributed by atoms with van der Waals surface area (Å²) in [5.74, 6) is 0.746. The van der Waals surface area contributed by atoms with Gasteiger partial charge in [0.2, 0.25) is 5.91 Å². The third kappa shape index (κ3) is 2.75. The van der Waals surface area contributed by atoms with E-state index in [1.54, 1.807) is 16.2 Å². The van der Waals surface area contributed by atoms with Crippen LogP contribution in [0.15, 0.2) is 24.3 Å². The van der Waals surface area contributed by atoms with E-state index in [0.29, 0.717) is 11.8 Å². The molecule has 0 radical (unpaired) electrons. The van der Waals surface area contributed by atoms with Crippen LogP contribution in [0.5, 0.6) is 0 Å². The summed E-state index contributed by atoms with van der Waals surface area (Å²) in [4.78, 5) is 20.6. The molecule has 2 aliphatic rings. The molecule has 1 N–H and O–H groups in total. The second-order valence-electron chi connectivity index (χ2n) is 6.46. The highest BCUT2D eigenvalue weighted by atomic mass is 32.1. The van der Waals surface area contributed by atoms with Crippen LogP contribution >= 0.6 is 11.3 Å². The lowest BCUT2D eigenvalue weighted by atomic mass is 9.84. The number of nitrogens with one attached hydrogen (secondary N) is 1. The number of amides is 1. The molecular weight excluding hydrogens is 294 g/mol. The molecular formula is C17H22N3OS+. The molecule has 0 bridgehead atoms. The largest absolute Gasteiger partial charge is 0.331 e. The predicted octanol–water partition coefficient (Wildman–Crippen LogP) is 1.32. The Balaban J connectivity index is 1.34. The number of hydrogen-bond donors (Lipinski definition) is 1. The summed E-state index contributed by atoms with van der Waals surface area (Å²) in [6.45, 7) is 4.92. The standard InChI is InChI=1S/C17H21N3OS/c21-17(13-4-3-5-13)20-10-8-19(9-11-20)12-16-18-14-6-1-2-7-15(14)22-16/h1-2,6-7,13H,3-5,8-12H2/p+1. The Labute approximate surface area is 134 Å². The molecule has 2 fully saturated rings. The Morgan fingerprint density at radius 1 is 1.27 bits per heavy atom. The first kappa shape index (κ1) is 14.2. The number of carbonyl (C=O) groups is 1. The average molecular weight is 316 g/mol. The first-order valence-corrected chi connectivity index (χ1v) is 9.08. The number of quaternary nitrogens is 1. The molecule has 1 saturated heterocycles. The molecule has 5 heteroatoms. The van der Waals surface area contributed by atoms with Crippen LogP contribution in [0.25, 0.3) is 10.2 Å². The number of para-hydroxylation sites is 1. The van der Waals surface area contributed by atoms with E-state index in [1.807, 2.05) is 6.07 Å². The van der Waals surface area contributed by atoms with Crippen LogP contribution in [0.2, 0.25) is 0 Å². The van der Waals surface area contributed by atoms with E-state index in [2.05, 4.69) is 23.1 Å². The fourth-order valence-electron chi connectivity index (χ4n) is 3.34. The van der Waals surface area contributed by atoms with E-state index >= 15 is 0 Å². The Kier molecular flexibility index (Phi) is 3.84. The zero-order valence-electron chi connectivity index (χ0n) is 12.8. The second kappa shape index (κ2) is 5.97. The van der Waals surface area contributed by atoms with Crippen LogP contribution in [0.3, 0.4) is 0 Å². The van der Waals surface area contributed by atoms with Gasteiger partial charge in [0.1, 0.15) is 11.6 Å². The number of thiazole rings is 1. The van der Waals surface area contributed by atoms with Gasteiger partial charge in [0, 0.05) is 5.92 Å². The molecule has 1 amide bonds. The summed E-state index contributed by atoms with van der Waals surface area (Å²) < 4.78 is 1.27. The van der Waals surface area contributed by atoms with Crippen molar-refractivity contribution in [3.05, 3.63) is 29.3 Å². The Morgan fingerprint density at radius 2 is 2.05 bits per heavy atom. The van der Waals surface area contributed by atoms with Gasteiger partial charge in [0.25, 0.3) is 0 Å². The van der Waals surface area contributed by atoms with Crippen LogP contribution in [0.4, 0.5) is 0 Å². The lowest BCUT2D eigenvalue weighted by Gasteiger charge is -2.36. The summed E-state index contributed by atoms with van der Waals surface area (Å²) >= 11 is 1.80. The van der Waals surface area contributed by atoms with Gasteiger partial charge >= 0.3 is 0 Å². The smallest absolute Gasteiger partial charge is 0.226 e. The normalized spacial score (nSPS) is 20.3. The second-order valence-corrected chi connectivity index (χ2v) is 7.57. The van der Waals surface area contributed by atoms with Crippen molar-refractivity contribution in [2.45, 2.75) is 25.8 Å². The molecule has 4 rings (SSSR count). The van der Waals surface area contributed by atoms with Gasteiger partial charge in [0.15, 0.2) is 0 Å². The maximum Gasteiger partial charge on any atom is 0.226 e. The van der Waals surface area contributed by atoms with Gasteiger partial charge in [-0.3, -0.25) is 4.79 Å². The van der Waals surface area contributed by atoms with E-state index in [4.69, 9.17) is 4.98 Å². The van der Waals surface area contributed by atoms with E-state index < -0.39 is 0 Å². The summed E-state index contributed by atoms with van der Waals surface area (Å²) in [6.07, 6.45) is 3.45. The number of hydrogen-bond acceptors (Lipinski definition) is 3. The molecule has 1 aliphatic heterocycles. The maximum absolute atomic E-state index is 12.3. The topological polar surface area (TPSA) is 37.6 Å². The van der Waals surface area contributed by atoms with Crippen molar-refractivity contribution in [3.8, 4) is 0 Å². The third-order valence-electron chi connectivity index (χ3n) is 4.98. The van der Waals surface area contributed by atoms with Crippen molar-refractivity contribution in [1.82, 2.24) is 9.88 Å². The van der Waals surface area contributed by atoms with Crippen LogP contribution in [-0.4, -0.2) is 42.0 Å². The van der Waals surface area contributed by atoms with E-state index in [-0.39, 0.29) is 0 Å². The lowest BCUT2D eigenvalue weighted by molar-refractivity contribution is -0.917. The molecule has 1 saturated carbocycles. The number of nitrogens with zero attached hydrogens (tertiary/aromatic N) is 2. The Hall–Kier alpha value is -1.46. The number of carbonyl (C=O) groups excluding carboxylic acids is 1. The van der Waals surface area contributed by atoms with Crippen molar-refractivity contribution in [2.75, 3.05) is 26.2 Å². The van der Waals surface area contributed by atoms with Crippen molar-refractivity contribution in [1.29, 1.82) is 0 Å². The first-order chi connectivity index (χ1) is 10.8. The number of fused-ring (bicyclic) bond motifs is 1. The van der Waals surface area contributed by atoms with Crippen molar-refractivity contribution >= 4 is 27.5 Å². The summed E-state index contributed by atoms with van der Waals surface area (Å²) in [6, 6.07) is 8.34. The van der Waals surface area contributed by atoms with Crippen LogP contribution in [-0.2, 0) is 11.3 Å². The van der Waals surface area contributed by atoms with E-state index in [9.17, 15) is 4.79 Å². The van der Waals surface area contributed by atoms with Gasteiger partial charge in [-0.2, -0.15) is 0 Å². The van der Waals surface area contributed by atoms with Gasteiger partial charge in [-0.25, -0.2) is 4.98 Å². The van der Waals surface area contributed by atoms with Gasteiger partial charge < -0.3 is 9.80 Å². The number of aromatic nitrogens is 1. The van der Waals surface area contributed by atoms with E-state index in [1.165, 1.54) is 16.1 Å². The molecule has 116 valence electrons. The molecule has 1 aromatic heterocycles. The Bertz CT molecular complexity index is 638. The highest BCUT2D eigenvalue weighted by Gasteiger charge is 2.32. The Morgan fingerprint density at radius 3 is 2.73 bits per heavy atom. The lowest BCUT2D eigenvalue weighted by Crippen LogP contribution is -3.13. The quantitative estimate of drug-likeness (QED) is 0.927. The SMILES string of the molecule is O=C(C1CCC1)N1CC[NH+](Cc2nc3ccccc3s2)CC1. The number of rotatable bonds is 3. The molecule has 0 spiro atoms. The summed E-state index contributed by atoms with van der Waals surface area (Å²) in [5, 5.41) is 1.22. The van der Waals surface area contributed by atoms with Crippen LogP contribution in [0, 0.1) is 5.92 Å². The molecule has 0 atom stereocenters. The monoisotopic (exact) mass is 316 g/mol. The van der Waals surface area contributed by atoms with Gasteiger partial charge in [-0.05, 0) is 25.0 Å². The fourth-order valence-corrected chi connectivity index (χ4v) is 4.38. The van der Waals surface area contributed by atoms with Crippen LogP contribution < -0.4 is 4.90 Å². The van der Waals surface area contributed by atoms with Crippen molar-refractivity contribution in [2.24, 2.45) is 5.92 Å². The highest BCUT2D eigenvalue weighted by molar-refractivity contribution is 7.18. The number of benzene rings is 1. The summed E-state index contributed by atoms with van der Waals surface area (Å²) in [7, 11) is 0. The average Bonchev–Trinajstić information content (AvgIpc) is 2.88. The molecule has 2 aromatic rings. The summed E-state index contributed by atoms with van der Waals surface area (Å²) in [5.41, 5.74) is 1.11. The number of piperazine rings is 1. The van der Waals surface area contributed by atoms with Gasteiger partial charge in [0.05, 0.1) is 36.4 Å². The third-order valence-corrected chi connectivity index (χ3v) is 6.01. The van der Waals surface area contributed by atoms with Crippen molar-refractivity contribution in [3.63, 3.8) is 0 Å². The molecule has 4 nitrogen and oxygen atoms in total. The predicted molar refractivity (Wildman–Crippen MR) is 87.9 cm³/mol. The van der Waals surface area contributed by atoms with Crippen LogP contribution in [0.1, 0.15) is 24.3 Å². The maximum atomic E-state index is 12.3. The fraction of sp³-hybridized carbons (Fsp3) is 0.529. The molecule has 2 heterocycles. The minimum atomic E-state index is 0.339. The minimum absolute atomic E-state index is 0.339. The zero-order chi connectivity index (χ0) is 14.9. The highest BCUT2D eigenvalue weighted by Crippen LogP contribution is 2.28. The molecule has 0 unspecified atom stereocenters. The molecule has 22 heavy (non-hydrogen) atoms. The van der Waals surface area contributed by atoms with Gasteiger partial charge in [-0.1, -0.05) is 18.6 Å². The molecule has 1 aliphatic carbocycles. The first-order valence-electron chi connectivity index (χ1n) is 8.26. The van der Waals surface area contributed by atoms with Crippen molar-refractivity contribution < 1.29 is 9.69 Å². The van der Waals surface area contributed by atoms with Gasteiger partial charge in [-0.15, -0.1) is 11.3 Å². The zero-order valence-corrected chi connectivity index (χ0v) is 13.6. The van der Waals surface area contributed by atoms with E-state index in [0.717, 1.165) is 51.1 Å².